The lowest BCUT2D eigenvalue weighted by molar-refractivity contribution is 0.0696. The van der Waals surface area contributed by atoms with Crippen molar-refractivity contribution in [2.45, 2.75) is 25.2 Å². The number of nitrogens with one attached hydrogen (secondary N) is 1. The van der Waals surface area contributed by atoms with Gasteiger partial charge in [-0.3, -0.25) is 4.72 Å². The van der Waals surface area contributed by atoms with Gasteiger partial charge in [0.15, 0.2) is 0 Å². The first kappa shape index (κ1) is 16.8. The van der Waals surface area contributed by atoms with E-state index in [9.17, 15) is 18.3 Å². The molecule has 0 unspecified atom stereocenters. The first-order chi connectivity index (χ1) is 10.8. The number of carbonyl (C=O) groups is 1. The van der Waals surface area contributed by atoms with Gasteiger partial charge in [-0.1, -0.05) is 25.1 Å². The van der Waals surface area contributed by atoms with E-state index in [0.29, 0.717) is 17.5 Å². The number of sulfonamides is 1. The van der Waals surface area contributed by atoms with Crippen LogP contribution >= 0.6 is 0 Å². The Morgan fingerprint density at radius 3 is 2.48 bits per heavy atom. The molecule has 0 saturated heterocycles. The van der Waals surface area contributed by atoms with Crippen LogP contribution in [0.3, 0.4) is 0 Å². The van der Waals surface area contributed by atoms with E-state index in [-0.39, 0.29) is 21.9 Å². The van der Waals surface area contributed by atoms with E-state index in [4.69, 9.17) is 5.11 Å². The van der Waals surface area contributed by atoms with Gasteiger partial charge >= 0.3 is 5.97 Å². The molecule has 0 aliphatic heterocycles. The summed E-state index contributed by atoms with van der Waals surface area (Å²) >= 11 is 0. The first-order valence-electron chi connectivity index (χ1n) is 6.94. The van der Waals surface area contributed by atoms with E-state index in [0.717, 1.165) is 6.07 Å². The number of phenols is 1. The Kier molecular flexibility index (Phi) is 4.60. The molecule has 0 radical (unpaired) electrons. The van der Waals surface area contributed by atoms with Crippen LogP contribution in [0.2, 0.25) is 0 Å². The highest BCUT2D eigenvalue weighted by Gasteiger charge is 2.22. The molecule has 0 saturated carbocycles. The maximum Gasteiger partial charge on any atom is 0.335 e. The fraction of sp³-hybridized carbons (Fsp3) is 0.188. The van der Waals surface area contributed by atoms with Crippen LogP contribution in [-0.4, -0.2) is 24.6 Å². The van der Waals surface area contributed by atoms with E-state index in [1.807, 2.05) is 0 Å². The monoisotopic (exact) mass is 335 g/mol. The average Bonchev–Trinajstić information content (AvgIpc) is 2.50. The number of carboxylic acid groups (broad SMARTS) is 1. The quantitative estimate of drug-likeness (QED) is 0.729. The Morgan fingerprint density at radius 2 is 1.91 bits per heavy atom. The van der Waals surface area contributed by atoms with E-state index in [1.165, 1.54) is 18.2 Å². The number of para-hydroxylation sites is 1. The fourth-order valence-electron chi connectivity index (χ4n) is 2.20. The van der Waals surface area contributed by atoms with Crippen molar-refractivity contribution in [3.05, 3.63) is 53.1 Å². The smallest absolute Gasteiger partial charge is 0.335 e. The Morgan fingerprint density at radius 1 is 1.22 bits per heavy atom. The van der Waals surface area contributed by atoms with Crippen molar-refractivity contribution < 1.29 is 23.4 Å². The molecule has 3 N–H and O–H groups in total. The lowest BCUT2D eigenvalue weighted by atomic mass is 10.1. The summed E-state index contributed by atoms with van der Waals surface area (Å²) in [5.74, 6) is -1.40. The summed E-state index contributed by atoms with van der Waals surface area (Å²) in [5, 5.41) is 18.9. The Hall–Kier alpha value is -2.54. The molecular formula is C16H17NO5S. The number of carboxylic acids is 1. The van der Waals surface area contributed by atoms with Gasteiger partial charge in [-0.05, 0) is 42.7 Å². The highest BCUT2D eigenvalue weighted by molar-refractivity contribution is 7.92. The number of benzene rings is 2. The predicted octanol–water partition coefficient (Wildman–Crippen LogP) is 2.76. The zero-order chi connectivity index (χ0) is 17.2. The molecule has 0 aromatic heterocycles. The van der Waals surface area contributed by atoms with Gasteiger partial charge in [0.05, 0.1) is 16.1 Å². The summed E-state index contributed by atoms with van der Waals surface area (Å²) < 4.78 is 27.6. The van der Waals surface area contributed by atoms with Crippen molar-refractivity contribution >= 4 is 21.7 Å². The third-order valence-corrected chi connectivity index (χ3v) is 4.90. The molecule has 0 heterocycles. The molecule has 0 aliphatic carbocycles. The summed E-state index contributed by atoms with van der Waals surface area (Å²) in [7, 11) is -4.03. The van der Waals surface area contributed by atoms with Crippen molar-refractivity contribution in [2.24, 2.45) is 0 Å². The van der Waals surface area contributed by atoms with Crippen LogP contribution in [0.25, 0.3) is 0 Å². The van der Waals surface area contributed by atoms with Gasteiger partial charge in [0.25, 0.3) is 10.0 Å². The third-order valence-electron chi connectivity index (χ3n) is 3.47. The largest absolute Gasteiger partial charge is 0.506 e. The van der Waals surface area contributed by atoms with Crippen LogP contribution in [0.15, 0.2) is 41.3 Å². The SMILES string of the molecule is CCc1ccc(C(=O)O)cc1S(=O)(=O)Nc1c(C)cccc1O. The predicted molar refractivity (Wildman–Crippen MR) is 86.4 cm³/mol. The molecule has 0 bridgehead atoms. The molecule has 23 heavy (non-hydrogen) atoms. The van der Waals surface area contributed by atoms with Crippen LogP contribution < -0.4 is 4.72 Å². The summed E-state index contributed by atoms with van der Waals surface area (Å²) in [6, 6.07) is 8.61. The molecule has 0 spiro atoms. The van der Waals surface area contributed by atoms with Crippen LogP contribution in [0, 0.1) is 6.92 Å². The Labute approximate surface area is 134 Å². The second kappa shape index (κ2) is 6.29. The van der Waals surface area contributed by atoms with E-state index >= 15 is 0 Å². The zero-order valence-corrected chi connectivity index (χ0v) is 13.5. The van der Waals surface area contributed by atoms with E-state index in [2.05, 4.69) is 4.72 Å². The minimum Gasteiger partial charge on any atom is -0.506 e. The summed E-state index contributed by atoms with van der Waals surface area (Å²) in [4.78, 5) is 11.0. The number of rotatable bonds is 5. The standard InChI is InChI=1S/C16H17NO5S/c1-3-11-7-8-12(16(19)20)9-14(11)23(21,22)17-15-10(2)5-4-6-13(15)18/h4-9,17-18H,3H2,1-2H3,(H,19,20). The van der Waals surface area contributed by atoms with Crippen molar-refractivity contribution in [1.82, 2.24) is 0 Å². The van der Waals surface area contributed by atoms with Crippen molar-refractivity contribution in [2.75, 3.05) is 4.72 Å². The molecule has 2 aromatic carbocycles. The minimum atomic E-state index is -4.03. The number of aryl methyl sites for hydroxylation is 2. The second-order valence-electron chi connectivity index (χ2n) is 5.06. The van der Waals surface area contributed by atoms with Crippen molar-refractivity contribution in [1.29, 1.82) is 0 Å². The first-order valence-corrected chi connectivity index (χ1v) is 8.42. The van der Waals surface area contributed by atoms with Gasteiger partial charge in [-0.2, -0.15) is 0 Å². The van der Waals surface area contributed by atoms with Gasteiger partial charge in [0.1, 0.15) is 5.75 Å². The highest BCUT2D eigenvalue weighted by Crippen LogP contribution is 2.30. The number of hydrogen-bond acceptors (Lipinski definition) is 4. The molecule has 2 rings (SSSR count). The fourth-order valence-corrected chi connectivity index (χ4v) is 3.69. The number of aromatic carboxylic acids is 1. The topological polar surface area (TPSA) is 104 Å². The van der Waals surface area contributed by atoms with E-state index in [1.54, 1.807) is 26.0 Å². The molecule has 122 valence electrons. The van der Waals surface area contributed by atoms with Gasteiger partial charge in [-0.25, -0.2) is 13.2 Å². The molecule has 0 amide bonds. The molecule has 2 aromatic rings. The highest BCUT2D eigenvalue weighted by atomic mass is 32.2. The molecule has 6 nitrogen and oxygen atoms in total. The molecule has 0 fully saturated rings. The third kappa shape index (κ3) is 3.45. The number of phenolic OH excluding ortho intramolecular Hbond substituents is 1. The Bertz CT molecular complexity index is 839. The summed E-state index contributed by atoms with van der Waals surface area (Å²) in [6.07, 6.45) is 0.426. The molecular weight excluding hydrogens is 318 g/mol. The van der Waals surface area contributed by atoms with Gasteiger partial charge in [0, 0.05) is 0 Å². The lowest BCUT2D eigenvalue weighted by Gasteiger charge is -2.14. The number of hydrogen-bond donors (Lipinski definition) is 3. The van der Waals surface area contributed by atoms with Crippen LogP contribution in [0.5, 0.6) is 5.75 Å². The minimum absolute atomic E-state index is 0.0790. The van der Waals surface area contributed by atoms with Gasteiger partial charge < -0.3 is 10.2 Å². The van der Waals surface area contributed by atoms with Crippen LogP contribution in [-0.2, 0) is 16.4 Å². The van der Waals surface area contributed by atoms with Gasteiger partial charge in [0.2, 0.25) is 0 Å². The van der Waals surface area contributed by atoms with Crippen LogP contribution in [0.4, 0.5) is 5.69 Å². The van der Waals surface area contributed by atoms with Crippen molar-refractivity contribution in [3.8, 4) is 5.75 Å². The maximum absolute atomic E-state index is 12.6. The normalized spacial score (nSPS) is 11.2. The molecule has 7 heteroatoms. The molecule has 0 atom stereocenters. The van der Waals surface area contributed by atoms with E-state index < -0.39 is 16.0 Å². The van der Waals surface area contributed by atoms with Crippen LogP contribution in [0.1, 0.15) is 28.4 Å². The van der Waals surface area contributed by atoms with Gasteiger partial charge in [-0.15, -0.1) is 0 Å². The summed E-state index contributed by atoms with van der Waals surface area (Å²) in [6.45, 7) is 3.44. The second-order valence-corrected chi connectivity index (χ2v) is 6.71. The number of anilines is 1. The molecule has 0 aliphatic rings. The lowest BCUT2D eigenvalue weighted by Crippen LogP contribution is -2.16. The zero-order valence-electron chi connectivity index (χ0n) is 12.7. The van der Waals surface area contributed by atoms with Crippen molar-refractivity contribution in [3.63, 3.8) is 0 Å². The Balaban J connectivity index is 2.55. The summed E-state index contributed by atoms with van der Waals surface area (Å²) in [5.41, 5.74) is 1.02. The number of aromatic hydroxyl groups is 1. The maximum atomic E-state index is 12.6. The average molecular weight is 335 g/mol.